The van der Waals surface area contributed by atoms with E-state index < -0.39 is 17.6 Å². The van der Waals surface area contributed by atoms with E-state index in [-0.39, 0.29) is 12.2 Å². The molecule has 2 aromatic rings. The zero-order chi connectivity index (χ0) is 16.8. The Morgan fingerprint density at radius 3 is 2.57 bits per heavy atom. The number of carboxylic acid groups (broad SMARTS) is 1. The van der Waals surface area contributed by atoms with Gasteiger partial charge in [0, 0.05) is 5.56 Å². The van der Waals surface area contributed by atoms with Crippen LogP contribution < -0.4 is 4.90 Å². The Balaban J connectivity index is 1.98. The lowest BCUT2D eigenvalue weighted by atomic mass is 10.1. The van der Waals surface area contributed by atoms with Gasteiger partial charge in [0.25, 0.3) is 0 Å². The third kappa shape index (κ3) is 2.77. The summed E-state index contributed by atoms with van der Waals surface area (Å²) in [7, 11) is 0. The number of carbonyl (C=O) groups is 2. The maximum atomic E-state index is 11.9. The summed E-state index contributed by atoms with van der Waals surface area (Å²) >= 11 is 7.45. The highest BCUT2D eigenvalue weighted by Crippen LogP contribution is 2.40. The molecule has 6 nitrogen and oxygen atoms in total. The zero-order valence-electron chi connectivity index (χ0n) is 12.4. The Morgan fingerprint density at radius 2 is 2.04 bits per heavy atom. The molecule has 3 rings (SSSR count). The summed E-state index contributed by atoms with van der Waals surface area (Å²) in [5.41, 5.74) is 0.888. The molecular weight excluding hydrogens is 340 g/mol. The highest BCUT2D eigenvalue weighted by atomic mass is 35.5. The van der Waals surface area contributed by atoms with Gasteiger partial charge in [-0.25, -0.2) is 19.5 Å². The van der Waals surface area contributed by atoms with Gasteiger partial charge in [0.05, 0.1) is 11.1 Å². The lowest BCUT2D eigenvalue weighted by Gasteiger charge is -2.24. The van der Waals surface area contributed by atoms with E-state index in [1.165, 1.54) is 28.4 Å². The summed E-state index contributed by atoms with van der Waals surface area (Å²) in [6.45, 7) is 4.05. The fourth-order valence-electron chi connectivity index (χ4n) is 2.29. The van der Waals surface area contributed by atoms with Crippen LogP contribution in [0.3, 0.4) is 0 Å². The molecule has 1 aromatic heterocycles. The largest absolute Gasteiger partial charge is 0.478 e. The number of aromatic nitrogens is 1. The molecule has 23 heavy (non-hydrogen) atoms. The van der Waals surface area contributed by atoms with Crippen LogP contribution in [0.15, 0.2) is 24.3 Å². The number of cyclic esters (lactones) is 1. The molecule has 1 aromatic carbocycles. The maximum Gasteiger partial charge on any atom is 0.416 e. The van der Waals surface area contributed by atoms with E-state index in [4.69, 9.17) is 21.4 Å². The Kier molecular flexibility index (Phi) is 3.77. The van der Waals surface area contributed by atoms with Crippen LogP contribution in [-0.2, 0) is 4.74 Å². The van der Waals surface area contributed by atoms with Crippen molar-refractivity contribution in [2.75, 3.05) is 11.5 Å². The number of benzene rings is 1. The third-order valence-electron chi connectivity index (χ3n) is 3.51. The van der Waals surface area contributed by atoms with Gasteiger partial charge in [-0.2, -0.15) is 0 Å². The molecule has 1 fully saturated rings. The second kappa shape index (κ2) is 5.50. The predicted molar refractivity (Wildman–Crippen MR) is 87.4 cm³/mol. The molecule has 0 aliphatic carbocycles. The molecule has 0 radical (unpaired) electrons. The van der Waals surface area contributed by atoms with Crippen molar-refractivity contribution in [2.24, 2.45) is 0 Å². The van der Waals surface area contributed by atoms with Gasteiger partial charge in [-0.05, 0) is 26.0 Å². The lowest BCUT2D eigenvalue weighted by Crippen LogP contribution is -2.42. The minimum Gasteiger partial charge on any atom is -0.478 e. The molecule has 0 unspecified atom stereocenters. The second-order valence-corrected chi connectivity index (χ2v) is 7.28. The van der Waals surface area contributed by atoms with Crippen molar-refractivity contribution >= 4 is 40.1 Å². The highest BCUT2D eigenvalue weighted by molar-refractivity contribution is 7.20. The summed E-state index contributed by atoms with van der Waals surface area (Å²) in [4.78, 5) is 28.8. The summed E-state index contributed by atoms with van der Waals surface area (Å²) in [6.07, 6.45) is -0.451. The smallest absolute Gasteiger partial charge is 0.416 e. The number of amides is 1. The highest BCUT2D eigenvalue weighted by Gasteiger charge is 2.43. The van der Waals surface area contributed by atoms with Crippen LogP contribution in [0, 0.1) is 0 Å². The number of carbonyl (C=O) groups excluding carboxylic acids is 1. The predicted octanol–water partition coefficient (Wildman–Crippen LogP) is 3.90. The van der Waals surface area contributed by atoms with Gasteiger partial charge in [-0.1, -0.05) is 35.1 Å². The molecule has 1 aliphatic heterocycles. The molecule has 1 aliphatic rings. The van der Waals surface area contributed by atoms with Crippen LogP contribution in [0.5, 0.6) is 0 Å². The zero-order valence-corrected chi connectivity index (χ0v) is 13.9. The molecule has 8 heteroatoms. The number of rotatable bonds is 3. The van der Waals surface area contributed by atoms with Crippen molar-refractivity contribution in [2.45, 2.75) is 19.4 Å². The van der Waals surface area contributed by atoms with Gasteiger partial charge in [-0.3, -0.25) is 0 Å². The number of hydrogen-bond donors (Lipinski definition) is 1. The summed E-state index contributed by atoms with van der Waals surface area (Å²) in [6, 6.07) is 6.26. The van der Waals surface area contributed by atoms with Gasteiger partial charge in [0.1, 0.15) is 16.6 Å². The summed E-state index contributed by atoms with van der Waals surface area (Å²) in [5.74, 6) is -0.997. The maximum absolute atomic E-state index is 11.9. The standard InChI is InChI=1S/C15H13ClN2O4S/c1-15(2)7-22-14(21)18(15)13-17-10(11(16)23-13)8-3-5-9(6-4-8)12(19)20/h3-6H,7H2,1-2H3,(H,19,20). The first-order valence-electron chi connectivity index (χ1n) is 6.76. The van der Waals surface area contributed by atoms with E-state index in [1.54, 1.807) is 12.1 Å². The van der Waals surface area contributed by atoms with Crippen molar-refractivity contribution in [3.8, 4) is 11.3 Å². The van der Waals surface area contributed by atoms with Gasteiger partial charge >= 0.3 is 12.1 Å². The van der Waals surface area contributed by atoms with Crippen molar-refractivity contribution in [1.82, 2.24) is 4.98 Å². The monoisotopic (exact) mass is 352 g/mol. The number of hydrogen-bond acceptors (Lipinski definition) is 5. The molecular formula is C15H13ClN2O4S. The first-order valence-corrected chi connectivity index (χ1v) is 7.96. The molecule has 120 valence electrons. The minimum absolute atomic E-state index is 0.185. The number of aromatic carboxylic acids is 1. The van der Waals surface area contributed by atoms with E-state index in [0.717, 1.165) is 0 Å². The second-order valence-electron chi connectivity index (χ2n) is 5.70. The van der Waals surface area contributed by atoms with Gasteiger partial charge in [0.15, 0.2) is 5.13 Å². The van der Waals surface area contributed by atoms with E-state index in [0.29, 0.717) is 20.7 Å². The Bertz CT molecular complexity index is 785. The number of ether oxygens (including phenoxy) is 1. The molecule has 1 amide bonds. The van der Waals surface area contributed by atoms with Crippen LogP contribution in [0.2, 0.25) is 4.34 Å². The van der Waals surface area contributed by atoms with Crippen LogP contribution in [0.1, 0.15) is 24.2 Å². The number of carboxylic acids is 1. The van der Waals surface area contributed by atoms with Crippen LogP contribution in [0.25, 0.3) is 11.3 Å². The Labute approximate surface area is 141 Å². The van der Waals surface area contributed by atoms with E-state index in [9.17, 15) is 9.59 Å². The summed E-state index contributed by atoms with van der Waals surface area (Å²) in [5, 5.41) is 9.40. The normalized spacial score (nSPS) is 16.5. The minimum atomic E-state index is -0.997. The first-order chi connectivity index (χ1) is 10.8. The molecule has 1 N–H and O–H groups in total. The molecule has 0 bridgehead atoms. The van der Waals surface area contributed by atoms with E-state index in [2.05, 4.69) is 4.98 Å². The van der Waals surface area contributed by atoms with Crippen LogP contribution >= 0.6 is 22.9 Å². The van der Waals surface area contributed by atoms with Gasteiger partial charge < -0.3 is 9.84 Å². The molecule has 1 saturated heterocycles. The van der Waals surface area contributed by atoms with E-state index in [1.807, 2.05) is 13.8 Å². The van der Waals surface area contributed by atoms with Crippen molar-refractivity contribution in [1.29, 1.82) is 0 Å². The number of nitrogens with zero attached hydrogens (tertiary/aromatic N) is 2. The molecule has 0 spiro atoms. The summed E-state index contributed by atoms with van der Waals surface area (Å²) < 4.78 is 5.51. The Hall–Kier alpha value is -2.12. The van der Waals surface area contributed by atoms with Crippen molar-refractivity contribution in [3.63, 3.8) is 0 Å². The molecule has 0 saturated carbocycles. The number of thiazole rings is 1. The SMILES string of the molecule is CC1(C)COC(=O)N1c1nc(-c2ccc(C(=O)O)cc2)c(Cl)s1. The fraction of sp³-hybridized carbons (Fsp3) is 0.267. The van der Waals surface area contributed by atoms with Gasteiger partial charge in [0.2, 0.25) is 0 Å². The Morgan fingerprint density at radius 1 is 1.39 bits per heavy atom. The van der Waals surface area contributed by atoms with E-state index >= 15 is 0 Å². The number of anilines is 1. The third-order valence-corrected chi connectivity index (χ3v) is 4.75. The lowest BCUT2D eigenvalue weighted by molar-refractivity contribution is 0.0697. The first kappa shape index (κ1) is 15.8. The quantitative estimate of drug-likeness (QED) is 0.906. The fourth-order valence-corrected chi connectivity index (χ4v) is 3.62. The average Bonchev–Trinajstić information content (AvgIpc) is 2.98. The average molecular weight is 353 g/mol. The number of halogens is 1. The topological polar surface area (TPSA) is 79.7 Å². The van der Waals surface area contributed by atoms with Crippen LogP contribution in [0.4, 0.5) is 9.93 Å². The van der Waals surface area contributed by atoms with Gasteiger partial charge in [-0.15, -0.1) is 0 Å². The molecule has 0 atom stereocenters. The van der Waals surface area contributed by atoms with Crippen molar-refractivity contribution in [3.05, 3.63) is 34.2 Å². The molecule has 2 heterocycles. The van der Waals surface area contributed by atoms with Crippen LogP contribution in [-0.4, -0.2) is 34.3 Å². The van der Waals surface area contributed by atoms with Crippen molar-refractivity contribution < 1.29 is 19.4 Å².